The summed E-state index contributed by atoms with van der Waals surface area (Å²) in [5.41, 5.74) is 6.33. The Balaban J connectivity index is 2.54. The van der Waals surface area contributed by atoms with Crippen LogP contribution in [0.2, 0.25) is 5.02 Å². The third-order valence-corrected chi connectivity index (χ3v) is 3.72. The maximum Gasteiger partial charge on any atom is 0.345 e. The summed E-state index contributed by atoms with van der Waals surface area (Å²) in [6.07, 6.45) is -0.771. The Kier molecular flexibility index (Phi) is 4.36. The zero-order chi connectivity index (χ0) is 15.8. The lowest BCUT2D eigenvalue weighted by molar-refractivity contribution is -0.138. The molecule has 0 spiro atoms. The van der Waals surface area contributed by atoms with Crippen molar-refractivity contribution < 1.29 is 24.3 Å². The molecule has 1 aromatic carbocycles. The minimum absolute atomic E-state index is 0.151. The highest BCUT2D eigenvalue weighted by Gasteiger charge is 2.23. The number of hydrogen-bond donors (Lipinski definition) is 4. The molecule has 0 aliphatic heterocycles. The van der Waals surface area contributed by atoms with Gasteiger partial charge < -0.3 is 25.2 Å². The van der Waals surface area contributed by atoms with Gasteiger partial charge in [-0.2, -0.15) is 0 Å². The van der Waals surface area contributed by atoms with E-state index < -0.39 is 25.9 Å². The van der Waals surface area contributed by atoms with E-state index >= 15 is 0 Å². The van der Waals surface area contributed by atoms with Crippen molar-refractivity contribution in [2.45, 2.75) is 18.7 Å². The van der Waals surface area contributed by atoms with E-state index in [0.29, 0.717) is 16.1 Å². The van der Waals surface area contributed by atoms with E-state index in [-0.39, 0.29) is 12.2 Å². The van der Waals surface area contributed by atoms with Gasteiger partial charge in [-0.15, -0.1) is 0 Å². The molecule has 0 saturated carbocycles. The van der Waals surface area contributed by atoms with Crippen molar-refractivity contribution in [2.24, 2.45) is 5.73 Å². The number of carboxylic acids is 1. The van der Waals surface area contributed by atoms with E-state index in [9.17, 15) is 9.36 Å². The SMILES string of the molecule is N[C@H](Cc1nc2ccc(Cl)cc2n1CP(=O)(O)O)C(=O)O. The second-order valence-corrected chi connectivity index (χ2v) is 6.59. The molecule has 0 radical (unpaired) electrons. The summed E-state index contributed by atoms with van der Waals surface area (Å²) in [4.78, 5) is 33.3. The molecule has 10 heteroatoms. The van der Waals surface area contributed by atoms with Crippen molar-refractivity contribution in [1.29, 1.82) is 0 Å². The Bertz CT molecular complexity index is 741. The standard InChI is InChI=1S/C11H13ClN3O5P/c12-6-1-2-8-9(3-6)15(5-21(18,19)20)10(14-8)4-7(13)11(16)17/h1-3,7H,4-5,13H2,(H,16,17)(H2,18,19,20)/t7-/m1/s1. The van der Waals surface area contributed by atoms with Crippen LogP contribution in [0.5, 0.6) is 0 Å². The van der Waals surface area contributed by atoms with Gasteiger partial charge in [0.25, 0.3) is 0 Å². The van der Waals surface area contributed by atoms with Crippen molar-refractivity contribution in [3.05, 3.63) is 29.0 Å². The molecule has 1 aromatic heterocycles. The molecule has 0 aliphatic rings. The summed E-state index contributed by atoms with van der Waals surface area (Å²) in [5, 5.41) is 9.23. The second kappa shape index (κ2) is 5.75. The van der Waals surface area contributed by atoms with Gasteiger partial charge in [0.15, 0.2) is 0 Å². The van der Waals surface area contributed by atoms with E-state index in [4.69, 9.17) is 32.2 Å². The van der Waals surface area contributed by atoms with Gasteiger partial charge in [0.1, 0.15) is 18.2 Å². The van der Waals surface area contributed by atoms with E-state index in [1.165, 1.54) is 10.6 Å². The normalized spacial score (nSPS) is 13.5. The monoisotopic (exact) mass is 333 g/mol. The average Bonchev–Trinajstić information content (AvgIpc) is 2.65. The van der Waals surface area contributed by atoms with Crippen LogP contribution in [0.25, 0.3) is 11.0 Å². The van der Waals surface area contributed by atoms with Crippen LogP contribution in [-0.4, -0.2) is 36.5 Å². The van der Waals surface area contributed by atoms with Gasteiger partial charge in [-0.1, -0.05) is 11.6 Å². The molecule has 0 saturated heterocycles. The number of aromatic nitrogens is 2. The lowest BCUT2D eigenvalue weighted by Gasteiger charge is -2.12. The second-order valence-electron chi connectivity index (χ2n) is 4.54. The van der Waals surface area contributed by atoms with E-state index in [2.05, 4.69) is 4.98 Å². The maximum atomic E-state index is 11.3. The minimum atomic E-state index is -4.38. The first kappa shape index (κ1) is 15.9. The summed E-state index contributed by atoms with van der Waals surface area (Å²) in [5.74, 6) is -1.03. The van der Waals surface area contributed by atoms with Crippen molar-refractivity contribution in [1.82, 2.24) is 9.55 Å². The number of carbonyl (C=O) groups is 1. The molecule has 8 nitrogen and oxygen atoms in total. The molecular formula is C11H13ClN3O5P. The van der Waals surface area contributed by atoms with Crippen LogP contribution in [0.4, 0.5) is 0 Å². The van der Waals surface area contributed by atoms with Crippen LogP contribution in [0.3, 0.4) is 0 Å². The molecule has 2 rings (SSSR count). The highest BCUT2D eigenvalue weighted by atomic mass is 35.5. The predicted octanol–water partition coefficient (Wildman–Crippen LogP) is 0.779. The van der Waals surface area contributed by atoms with Gasteiger partial charge in [0, 0.05) is 11.4 Å². The number of rotatable bonds is 5. The van der Waals surface area contributed by atoms with E-state index in [1.807, 2.05) is 0 Å². The van der Waals surface area contributed by atoms with Gasteiger partial charge in [-0.05, 0) is 18.2 Å². The number of benzene rings is 1. The van der Waals surface area contributed by atoms with Crippen molar-refractivity contribution >= 4 is 36.2 Å². The minimum Gasteiger partial charge on any atom is -0.480 e. The van der Waals surface area contributed by atoms with Crippen LogP contribution in [0.1, 0.15) is 5.82 Å². The fourth-order valence-electron chi connectivity index (χ4n) is 1.93. The zero-order valence-electron chi connectivity index (χ0n) is 10.7. The van der Waals surface area contributed by atoms with Crippen LogP contribution in [0, 0.1) is 0 Å². The van der Waals surface area contributed by atoms with Crippen LogP contribution in [0.15, 0.2) is 18.2 Å². The molecule has 0 amide bonds. The number of aliphatic carboxylic acids is 1. The first-order valence-corrected chi connectivity index (χ1v) is 8.02. The van der Waals surface area contributed by atoms with Crippen molar-refractivity contribution in [3.8, 4) is 0 Å². The molecule has 114 valence electrons. The third kappa shape index (κ3) is 3.81. The zero-order valence-corrected chi connectivity index (χ0v) is 12.3. The molecule has 1 heterocycles. The molecule has 0 bridgehead atoms. The average molecular weight is 334 g/mol. The lowest BCUT2D eigenvalue weighted by Crippen LogP contribution is -2.33. The molecule has 5 N–H and O–H groups in total. The number of fused-ring (bicyclic) bond motifs is 1. The number of nitrogens with two attached hydrogens (primary N) is 1. The molecule has 0 aliphatic carbocycles. The first-order chi connectivity index (χ1) is 9.67. The van der Waals surface area contributed by atoms with Crippen LogP contribution >= 0.6 is 19.2 Å². The Morgan fingerprint density at radius 1 is 1.48 bits per heavy atom. The number of nitrogens with zero attached hydrogens (tertiary/aromatic N) is 2. The largest absolute Gasteiger partial charge is 0.480 e. The van der Waals surface area contributed by atoms with Crippen LogP contribution < -0.4 is 5.73 Å². The Hall–Kier alpha value is -1.44. The molecule has 1 atom stereocenters. The summed E-state index contributed by atoms with van der Waals surface area (Å²) in [6, 6.07) is 3.46. The smallest absolute Gasteiger partial charge is 0.345 e. The highest BCUT2D eigenvalue weighted by molar-refractivity contribution is 7.50. The molecule has 21 heavy (non-hydrogen) atoms. The fraction of sp³-hybridized carbons (Fsp3) is 0.273. The van der Waals surface area contributed by atoms with Crippen molar-refractivity contribution in [3.63, 3.8) is 0 Å². The number of imidazole rings is 1. The van der Waals surface area contributed by atoms with Crippen molar-refractivity contribution in [2.75, 3.05) is 0 Å². The molecular weight excluding hydrogens is 321 g/mol. The Morgan fingerprint density at radius 3 is 2.71 bits per heavy atom. The molecule has 0 unspecified atom stereocenters. The fourth-order valence-corrected chi connectivity index (χ4v) is 2.78. The highest BCUT2D eigenvalue weighted by Crippen LogP contribution is 2.38. The van der Waals surface area contributed by atoms with Gasteiger partial charge in [-0.3, -0.25) is 9.36 Å². The summed E-state index contributed by atoms with van der Waals surface area (Å²) in [6.45, 7) is 0. The number of carboxylic acid groups (broad SMARTS) is 1. The quantitative estimate of drug-likeness (QED) is 0.593. The lowest BCUT2D eigenvalue weighted by atomic mass is 10.2. The number of hydrogen-bond acceptors (Lipinski definition) is 4. The van der Waals surface area contributed by atoms with Gasteiger partial charge in [0.2, 0.25) is 0 Å². The summed E-state index contributed by atoms with van der Waals surface area (Å²) < 4.78 is 12.5. The summed E-state index contributed by atoms with van der Waals surface area (Å²) in [7, 11) is -4.38. The maximum absolute atomic E-state index is 11.3. The Morgan fingerprint density at radius 2 is 2.14 bits per heavy atom. The summed E-state index contributed by atoms with van der Waals surface area (Å²) >= 11 is 5.87. The molecule has 0 fully saturated rings. The van der Waals surface area contributed by atoms with E-state index in [1.54, 1.807) is 12.1 Å². The molecule has 2 aromatic rings. The first-order valence-electron chi connectivity index (χ1n) is 5.85. The predicted molar refractivity (Wildman–Crippen MR) is 76.1 cm³/mol. The van der Waals surface area contributed by atoms with Gasteiger partial charge in [0.05, 0.1) is 11.0 Å². The van der Waals surface area contributed by atoms with Gasteiger partial charge >= 0.3 is 13.6 Å². The van der Waals surface area contributed by atoms with Crippen LogP contribution in [-0.2, 0) is 22.1 Å². The van der Waals surface area contributed by atoms with E-state index in [0.717, 1.165) is 0 Å². The third-order valence-electron chi connectivity index (χ3n) is 2.83. The Labute approximate surface area is 124 Å². The number of halogens is 1. The van der Waals surface area contributed by atoms with Gasteiger partial charge in [-0.25, -0.2) is 4.98 Å². The topological polar surface area (TPSA) is 139 Å².